The van der Waals surface area contributed by atoms with E-state index >= 15 is 0 Å². The maximum atomic E-state index is 14.2. The van der Waals surface area contributed by atoms with Crippen molar-refractivity contribution in [3.8, 4) is 0 Å². The van der Waals surface area contributed by atoms with Gasteiger partial charge in [-0.1, -0.05) is 103 Å². The molecule has 0 fully saturated rings. The predicted molar refractivity (Wildman–Crippen MR) is 244 cm³/mol. The van der Waals surface area contributed by atoms with Crippen LogP contribution in [0.2, 0.25) is 0 Å². The average molecular weight is 1160 g/mol. The third-order valence-electron chi connectivity index (χ3n) is 13.1. The summed E-state index contributed by atoms with van der Waals surface area (Å²) in [6.45, 7) is 0.858. The van der Waals surface area contributed by atoms with Gasteiger partial charge in [0.1, 0.15) is 6.15 Å². The largest absolute Gasteiger partial charge is 0.416 e. The quantitative estimate of drug-likeness (QED) is 0.0702. The minimum atomic E-state index is -6.13. The Labute approximate surface area is 432 Å². The van der Waals surface area contributed by atoms with E-state index in [1.807, 2.05) is 24.8 Å². The Hall–Kier alpha value is -7.74. The summed E-state index contributed by atoms with van der Waals surface area (Å²) in [6, 6.07) is 11.2. The van der Waals surface area contributed by atoms with Gasteiger partial charge in [0.05, 0.1) is 56.9 Å². The molecule has 9 rings (SSSR count). The van der Waals surface area contributed by atoms with E-state index in [1.54, 1.807) is 0 Å². The molecule has 0 aliphatic carbocycles. The molecule has 0 saturated carbocycles. The molecule has 0 unspecified atom stereocenters. The zero-order valence-electron chi connectivity index (χ0n) is 39.2. The first-order valence-corrected chi connectivity index (χ1v) is 22.5. The molecule has 0 N–H and O–H groups in total. The van der Waals surface area contributed by atoms with Crippen LogP contribution in [0.1, 0.15) is 50.1 Å². The average Bonchev–Trinajstić information content (AvgIpc) is 3.06. The molecule has 80 heavy (non-hydrogen) atoms. The van der Waals surface area contributed by atoms with Crippen LogP contribution in [0.4, 0.5) is 105 Å². The maximum Gasteiger partial charge on any atom is 0.416 e. The van der Waals surface area contributed by atoms with Gasteiger partial charge in [0.2, 0.25) is 0 Å². The first-order chi connectivity index (χ1) is 36.7. The predicted octanol–water partition coefficient (Wildman–Crippen LogP) is 15.5. The lowest BCUT2D eigenvalue weighted by atomic mass is 9.12. The van der Waals surface area contributed by atoms with Crippen molar-refractivity contribution >= 4 is 60.3 Å². The van der Waals surface area contributed by atoms with Crippen molar-refractivity contribution in [3.63, 3.8) is 0 Å². The van der Waals surface area contributed by atoms with E-state index < -0.39 is 195 Å². The molecule has 2 nitrogen and oxygen atoms in total. The molecule has 0 aliphatic rings. The molecular weight excluding hydrogens is 1130 g/mol. The van der Waals surface area contributed by atoms with Crippen LogP contribution in [0.5, 0.6) is 0 Å². The molecule has 0 bridgehead atoms. The van der Waals surface area contributed by atoms with Crippen LogP contribution in [0, 0.1) is 0 Å². The van der Waals surface area contributed by atoms with Crippen LogP contribution < -0.4 is 26.4 Å². The van der Waals surface area contributed by atoms with E-state index in [1.165, 1.54) is 37.9 Å². The molecule has 0 spiro atoms. The maximum absolute atomic E-state index is 14.2. The summed E-state index contributed by atoms with van der Waals surface area (Å²) in [7, 11) is 0. The molecule has 1 aromatic heterocycles. The first-order valence-electron chi connectivity index (χ1n) is 22.5. The van der Waals surface area contributed by atoms with Crippen LogP contribution in [-0.2, 0) is 56.0 Å². The van der Waals surface area contributed by atoms with Crippen molar-refractivity contribution < 1.29 is 110 Å². The second kappa shape index (κ2) is 19.8. The van der Waals surface area contributed by atoms with Crippen molar-refractivity contribution in [1.82, 2.24) is 4.98 Å². The zero-order valence-corrected chi connectivity index (χ0v) is 39.2. The van der Waals surface area contributed by atoms with Crippen LogP contribution in [0.25, 0.3) is 32.3 Å². The van der Waals surface area contributed by atoms with Crippen molar-refractivity contribution in [3.05, 3.63) is 202 Å². The number of hydrogen-bond acceptors (Lipinski definition) is 1. The van der Waals surface area contributed by atoms with Gasteiger partial charge in [-0.15, -0.1) is 0 Å². The van der Waals surface area contributed by atoms with Gasteiger partial charge in [-0.3, -0.25) is 4.98 Å². The number of alkyl halides is 24. The molecule has 0 amide bonds. The third kappa shape index (κ3) is 11.8. The number of aromatic nitrogens is 2. The molecule has 420 valence electrons. The lowest BCUT2D eigenvalue weighted by molar-refractivity contribution is -0.688. The van der Waals surface area contributed by atoms with Crippen molar-refractivity contribution in [2.24, 2.45) is 0 Å². The van der Waals surface area contributed by atoms with Crippen molar-refractivity contribution in [2.75, 3.05) is 0 Å². The Morgan fingerprint density at radius 2 is 0.575 bits per heavy atom. The Kier molecular flexibility index (Phi) is 14.5. The molecule has 27 heteroatoms. The van der Waals surface area contributed by atoms with Gasteiger partial charge in [-0.25, -0.2) is 0 Å². The highest BCUT2D eigenvalue weighted by atomic mass is 19.4. The fraction of sp³-hybridized carbons (Fsp3) is 0.170. The zero-order chi connectivity index (χ0) is 59.1. The molecule has 0 atom stereocenters. The third-order valence-corrected chi connectivity index (χ3v) is 13.1. The number of nitrogens with zero attached hydrogens (tertiary/aromatic N) is 2. The Morgan fingerprint density at radius 3 is 0.863 bits per heavy atom. The van der Waals surface area contributed by atoms with E-state index in [4.69, 9.17) is 0 Å². The summed E-state index contributed by atoms with van der Waals surface area (Å²) in [5, 5.41) is 8.05. The lowest BCUT2D eigenvalue weighted by Crippen LogP contribution is -2.75. The van der Waals surface area contributed by atoms with E-state index in [0.717, 1.165) is 6.54 Å². The normalized spacial score (nSPS) is 13.6. The van der Waals surface area contributed by atoms with Gasteiger partial charge in [0, 0.05) is 5.56 Å². The SMILES string of the molecule is FC(F)(F)c1cc([B-](c2cc(C(F)(F)F)cc(C(F)(F)F)c2)(c2cc(C(F)(F)F)cc(C(F)(F)F)c2)c2cc(C(F)(F)F)cc(C(F)(F)F)c2)cc(C(F)(F)F)c1.c1cc2ccc3ccc(C[n+]4ccncc4)c4ccc(c1)c2c34. The van der Waals surface area contributed by atoms with Crippen LogP contribution in [-0.4, -0.2) is 11.1 Å². The molecule has 9 aromatic rings. The molecule has 0 aliphatic heterocycles. The van der Waals surface area contributed by atoms with E-state index in [2.05, 4.69) is 64.1 Å². The molecule has 0 radical (unpaired) electrons. The molecule has 1 heterocycles. The Bertz CT molecular complexity index is 3300. The number of rotatable bonds is 6. The fourth-order valence-corrected chi connectivity index (χ4v) is 9.65. The first kappa shape index (κ1) is 58.4. The van der Waals surface area contributed by atoms with Crippen molar-refractivity contribution in [2.45, 2.75) is 56.0 Å². The number of hydrogen-bond donors (Lipinski definition) is 0. The summed E-state index contributed by atoms with van der Waals surface area (Å²) >= 11 is 0. The van der Waals surface area contributed by atoms with E-state index in [0.29, 0.717) is 0 Å². The van der Waals surface area contributed by atoms with Crippen LogP contribution >= 0.6 is 0 Å². The minimum absolute atomic E-state index is 0.691. The van der Waals surface area contributed by atoms with Gasteiger partial charge < -0.3 is 0 Å². The highest BCUT2D eigenvalue weighted by molar-refractivity contribution is 7.20. The smallest absolute Gasteiger partial charge is 0.252 e. The van der Waals surface area contributed by atoms with Gasteiger partial charge in [-0.2, -0.15) is 132 Å². The summed E-state index contributed by atoms with van der Waals surface area (Å²) in [4.78, 5) is 4.10. The fourth-order valence-electron chi connectivity index (χ4n) is 9.65. The second-order valence-corrected chi connectivity index (χ2v) is 18.2. The molecule has 0 saturated heterocycles. The molecular formula is C53H27BF24N2. The second-order valence-electron chi connectivity index (χ2n) is 18.2. The summed E-state index contributed by atoms with van der Waals surface area (Å²) in [5.74, 6) is 0. The topological polar surface area (TPSA) is 16.8 Å². The highest BCUT2D eigenvalue weighted by Gasteiger charge is 2.47. The number of benzene rings is 8. The standard InChI is InChI=1S/C32H12BF24.C21H15N2/c34-25(35,36)13-1-14(26(37,38)39)6-21(5-13)33(22-7-15(27(40,41)42)2-16(8-22)28(43,44)45,23-9-17(29(46,47)48)3-18(10-23)30(49,50)51)24-11-19(31(52,53)54)4-20(12-24)32(55,56)57;1-2-15-4-5-17-6-7-18(14-23-12-10-22-11-13-23)19-9-8-16(3-1)20(15)21(17)19/h1-12H;1-13H,14H2/q-1;+1. The van der Waals surface area contributed by atoms with E-state index in [-0.39, 0.29) is 0 Å². The lowest BCUT2D eigenvalue weighted by Gasteiger charge is -2.46. The Balaban J connectivity index is 0.000000298. The summed E-state index contributed by atoms with van der Waals surface area (Å²) < 4.78 is 343. The van der Waals surface area contributed by atoms with Gasteiger partial charge >= 0.3 is 49.4 Å². The van der Waals surface area contributed by atoms with Gasteiger partial charge in [0.25, 0.3) is 0 Å². The summed E-state index contributed by atoms with van der Waals surface area (Å²) in [5.41, 5.74) is -28.9. The number of halogens is 24. The summed E-state index contributed by atoms with van der Waals surface area (Å²) in [6.07, 6.45) is -47.1. The highest BCUT2D eigenvalue weighted by Crippen LogP contribution is 2.42. The van der Waals surface area contributed by atoms with Crippen molar-refractivity contribution in [1.29, 1.82) is 0 Å². The Morgan fingerprint density at radius 1 is 0.312 bits per heavy atom. The monoisotopic (exact) mass is 1160 g/mol. The van der Waals surface area contributed by atoms with Gasteiger partial charge in [-0.05, 0) is 56.6 Å². The van der Waals surface area contributed by atoms with Crippen LogP contribution in [0.15, 0.2) is 152 Å². The van der Waals surface area contributed by atoms with E-state index in [9.17, 15) is 105 Å². The van der Waals surface area contributed by atoms with Gasteiger partial charge in [0.15, 0.2) is 18.9 Å². The minimum Gasteiger partial charge on any atom is -0.252 e. The van der Waals surface area contributed by atoms with Crippen LogP contribution in [0.3, 0.4) is 0 Å². The molecule has 8 aromatic carbocycles.